The molecule has 1 N–H and O–H groups in total. The molecule has 1 amide bonds. The summed E-state index contributed by atoms with van der Waals surface area (Å²) in [5.41, 5.74) is 2.13. The average molecular weight is 274 g/mol. The van der Waals surface area contributed by atoms with Crippen LogP contribution >= 0.6 is 0 Å². The van der Waals surface area contributed by atoms with E-state index in [-0.39, 0.29) is 5.91 Å². The molecule has 4 heteroatoms. The molecule has 0 saturated carbocycles. The Balaban J connectivity index is 1.74. The monoisotopic (exact) mass is 274 g/mol. The van der Waals surface area contributed by atoms with E-state index in [0.29, 0.717) is 32.2 Å². The summed E-state index contributed by atoms with van der Waals surface area (Å²) >= 11 is 0. The third-order valence-corrected chi connectivity index (χ3v) is 4.24. The molecule has 20 heavy (non-hydrogen) atoms. The Hall–Kier alpha value is -1.39. The second-order valence-electron chi connectivity index (χ2n) is 5.55. The molecule has 2 saturated heterocycles. The quantitative estimate of drug-likeness (QED) is 0.891. The van der Waals surface area contributed by atoms with Crippen LogP contribution in [0, 0.1) is 0 Å². The van der Waals surface area contributed by atoms with Crippen LogP contribution in [0.4, 0.5) is 0 Å². The molecule has 0 atom stereocenters. The Bertz CT molecular complexity index is 463. The molecule has 0 spiro atoms. The van der Waals surface area contributed by atoms with E-state index in [9.17, 15) is 4.79 Å². The maximum Gasteiger partial charge on any atom is 0.254 e. The van der Waals surface area contributed by atoms with Crippen LogP contribution in [-0.4, -0.2) is 50.2 Å². The van der Waals surface area contributed by atoms with Crippen LogP contribution < -0.4 is 5.32 Å². The second-order valence-corrected chi connectivity index (χ2v) is 5.55. The van der Waals surface area contributed by atoms with Crippen molar-refractivity contribution in [1.82, 2.24) is 10.2 Å². The summed E-state index contributed by atoms with van der Waals surface area (Å²) in [7, 11) is 0. The molecule has 2 fully saturated rings. The molecule has 4 nitrogen and oxygen atoms in total. The SMILES string of the molecule is O=C(c1cccc(C2CCNCC2)c1)N1CCOCC1. The Kier molecular flexibility index (Phi) is 4.33. The number of rotatable bonds is 2. The average Bonchev–Trinajstić information content (AvgIpc) is 2.56. The van der Waals surface area contributed by atoms with Gasteiger partial charge in [-0.3, -0.25) is 4.79 Å². The van der Waals surface area contributed by atoms with Crippen molar-refractivity contribution in [2.24, 2.45) is 0 Å². The van der Waals surface area contributed by atoms with Gasteiger partial charge in [0, 0.05) is 18.7 Å². The van der Waals surface area contributed by atoms with Crippen LogP contribution in [0.25, 0.3) is 0 Å². The summed E-state index contributed by atoms with van der Waals surface area (Å²) in [5.74, 6) is 0.734. The summed E-state index contributed by atoms with van der Waals surface area (Å²) in [6, 6.07) is 8.20. The van der Waals surface area contributed by atoms with Gasteiger partial charge in [-0.05, 0) is 49.5 Å². The molecule has 1 aromatic rings. The van der Waals surface area contributed by atoms with E-state index in [0.717, 1.165) is 31.5 Å². The lowest BCUT2D eigenvalue weighted by Crippen LogP contribution is -2.40. The van der Waals surface area contributed by atoms with Gasteiger partial charge < -0.3 is 15.0 Å². The molecule has 0 aliphatic carbocycles. The first-order chi connectivity index (χ1) is 9.84. The van der Waals surface area contributed by atoms with Gasteiger partial charge in [-0.15, -0.1) is 0 Å². The largest absolute Gasteiger partial charge is 0.378 e. The molecule has 2 aliphatic heterocycles. The smallest absolute Gasteiger partial charge is 0.254 e. The van der Waals surface area contributed by atoms with Gasteiger partial charge in [0.2, 0.25) is 0 Å². The van der Waals surface area contributed by atoms with Crippen molar-refractivity contribution < 1.29 is 9.53 Å². The number of piperidine rings is 1. The van der Waals surface area contributed by atoms with Crippen LogP contribution in [0.3, 0.4) is 0 Å². The van der Waals surface area contributed by atoms with E-state index in [1.165, 1.54) is 5.56 Å². The number of benzene rings is 1. The predicted molar refractivity (Wildman–Crippen MR) is 78.0 cm³/mol. The lowest BCUT2D eigenvalue weighted by molar-refractivity contribution is 0.0303. The highest BCUT2D eigenvalue weighted by Gasteiger charge is 2.20. The maximum atomic E-state index is 12.5. The second kappa shape index (κ2) is 6.37. The fourth-order valence-corrected chi connectivity index (χ4v) is 3.03. The topological polar surface area (TPSA) is 41.6 Å². The maximum absolute atomic E-state index is 12.5. The molecule has 2 heterocycles. The van der Waals surface area contributed by atoms with Gasteiger partial charge in [-0.2, -0.15) is 0 Å². The molecular formula is C16H22N2O2. The minimum absolute atomic E-state index is 0.143. The Morgan fingerprint density at radius 2 is 1.95 bits per heavy atom. The highest BCUT2D eigenvalue weighted by atomic mass is 16.5. The summed E-state index contributed by atoms with van der Waals surface area (Å²) in [6.07, 6.45) is 2.32. The predicted octanol–water partition coefficient (Wildman–Crippen LogP) is 1.63. The van der Waals surface area contributed by atoms with Gasteiger partial charge in [-0.1, -0.05) is 12.1 Å². The molecule has 0 radical (unpaired) electrons. The van der Waals surface area contributed by atoms with Crippen molar-refractivity contribution in [1.29, 1.82) is 0 Å². The van der Waals surface area contributed by atoms with Crippen molar-refractivity contribution >= 4 is 5.91 Å². The van der Waals surface area contributed by atoms with Gasteiger partial charge in [0.15, 0.2) is 0 Å². The number of hydrogen-bond donors (Lipinski definition) is 1. The minimum Gasteiger partial charge on any atom is -0.378 e. The van der Waals surface area contributed by atoms with E-state index >= 15 is 0 Å². The number of carbonyl (C=O) groups is 1. The first-order valence-electron chi connectivity index (χ1n) is 7.52. The Morgan fingerprint density at radius 1 is 1.20 bits per heavy atom. The van der Waals surface area contributed by atoms with Crippen molar-refractivity contribution in [3.63, 3.8) is 0 Å². The summed E-state index contributed by atoms with van der Waals surface area (Å²) < 4.78 is 5.30. The van der Waals surface area contributed by atoms with Crippen LogP contribution in [0.15, 0.2) is 24.3 Å². The van der Waals surface area contributed by atoms with E-state index in [2.05, 4.69) is 17.4 Å². The van der Waals surface area contributed by atoms with E-state index in [1.54, 1.807) is 0 Å². The van der Waals surface area contributed by atoms with Crippen LogP contribution in [0.2, 0.25) is 0 Å². The van der Waals surface area contributed by atoms with Crippen LogP contribution in [0.5, 0.6) is 0 Å². The number of nitrogens with one attached hydrogen (secondary N) is 1. The van der Waals surface area contributed by atoms with Crippen molar-refractivity contribution in [3.8, 4) is 0 Å². The van der Waals surface area contributed by atoms with Crippen molar-refractivity contribution in [2.75, 3.05) is 39.4 Å². The van der Waals surface area contributed by atoms with Gasteiger partial charge >= 0.3 is 0 Å². The summed E-state index contributed by atoms with van der Waals surface area (Å²) in [5, 5.41) is 3.38. The van der Waals surface area contributed by atoms with E-state index in [1.807, 2.05) is 17.0 Å². The number of hydrogen-bond acceptors (Lipinski definition) is 3. The number of nitrogens with zero attached hydrogens (tertiary/aromatic N) is 1. The number of carbonyl (C=O) groups excluding carboxylic acids is 1. The molecule has 108 valence electrons. The minimum atomic E-state index is 0.143. The van der Waals surface area contributed by atoms with Gasteiger partial charge in [0.05, 0.1) is 13.2 Å². The molecule has 0 bridgehead atoms. The van der Waals surface area contributed by atoms with Gasteiger partial charge in [0.25, 0.3) is 5.91 Å². The molecule has 2 aliphatic rings. The first-order valence-corrected chi connectivity index (χ1v) is 7.52. The van der Waals surface area contributed by atoms with E-state index < -0.39 is 0 Å². The zero-order valence-electron chi connectivity index (χ0n) is 11.8. The number of morpholine rings is 1. The standard InChI is InChI=1S/C16H22N2O2/c19-16(18-8-10-20-11-9-18)15-3-1-2-14(12-15)13-4-6-17-7-5-13/h1-3,12-13,17H,4-11H2. The third kappa shape index (κ3) is 3.02. The molecule has 1 aromatic carbocycles. The van der Waals surface area contributed by atoms with Gasteiger partial charge in [-0.25, -0.2) is 0 Å². The van der Waals surface area contributed by atoms with Crippen molar-refractivity contribution in [2.45, 2.75) is 18.8 Å². The first kappa shape index (κ1) is 13.6. The fraction of sp³-hybridized carbons (Fsp3) is 0.562. The Labute approximate surface area is 120 Å². The van der Waals surface area contributed by atoms with Crippen LogP contribution in [0.1, 0.15) is 34.7 Å². The van der Waals surface area contributed by atoms with Crippen molar-refractivity contribution in [3.05, 3.63) is 35.4 Å². The zero-order chi connectivity index (χ0) is 13.8. The molecular weight excluding hydrogens is 252 g/mol. The fourth-order valence-electron chi connectivity index (χ4n) is 3.03. The Morgan fingerprint density at radius 3 is 2.70 bits per heavy atom. The molecule has 0 unspecified atom stereocenters. The lowest BCUT2D eigenvalue weighted by Gasteiger charge is -2.27. The summed E-state index contributed by atoms with van der Waals surface area (Å²) in [6.45, 7) is 4.87. The number of ether oxygens (including phenoxy) is 1. The number of amides is 1. The van der Waals surface area contributed by atoms with Crippen LogP contribution in [-0.2, 0) is 4.74 Å². The zero-order valence-corrected chi connectivity index (χ0v) is 11.8. The highest BCUT2D eigenvalue weighted by Crippen LogP contribution is 2.26. The highest BCUT2D eigenvalue weighted by molar-refractivity contribution is 5.94. The molecule has 0 aromatic heterocycles. The lowest BCUT2D eigenvalue weighted by atomic mass is 9.89. The summed E-state index contributed by atoms with van der Waals surface area (Å²) in [4.78, 5) is 14.4. The molecule has 3 rings (SSSR count). The van der Waals surface area contributed by atoms with E-state index in [4.69, 9.17) is 4.74 Å². The third-order valence-electron chi connectivity index (χ3n) is 4.24. The van der Waals surface area contributed by atoms with Gasteiger partial charge in [0.1, 0.15) is 0 Å². The normalized spacial score (nSPS) is 20.9.